The van der Waals surface area contributed by atoms with Crippen molar-refractivity contribution in [2.75, 3.05) is 12.9 Å². The van der Waals surface area contributed by atoms with Crippen molar-refractivity contribution in [1.82, 2.24) is 14.9 Å². The predicted molar refractivity (Wildman–Crippen MR) is 98.9 cm³/mol. The van der Waals surface area contributed by atoms with Crippen molar-refractivity contribution in [2.45, 2.75) is 31.3 Å². The minimum Gasteiger partial charge on any atom is -0.497 e. The average molecular weight is 389 g/mol. The lowest BCUT2D eigenvalue weighted by Gasteiger charge is -2.14. The van der Waals surface area contributed by atoms with E-state index in [0.717, 1.165) is 17.1 Å². The first-order chi connectivity index (χ1) is 13.0. The quantitative estimate of drug-likeness (QED) is 0.586. The molecule has 0 unspecified atom stereocenters. The van der Waals surface area contributed by atoms with Crippen LogP contribution in [0.3, 0.4) is 0 Å². The molecule has 1 amide bonds. The number of carbonyl (C=O) groups excluding carboxylic acids is 2. The fourth-order valence-corrected chi connectivity index (χ4v) is 3.43. The summed E-state index contributed by atoms with van der Waals surface area (Å²) in [5, 5.41) is 3.28. The van der Waals surface area contributed by atoms with Gasteiger partial charge in [-0.3, -0.25) is 14.2 Å². The second-order valence-corrected chi connectivity index (χ2v) is 6.94. The number of rotatable bonds is 6. The molecule has 0 aliphatic carbocycles. The standard InChI is InChI=1S/C18H19N3O5S/c1-11(15(22)19-9-12-3-5-13(25-2)6-4-12)26-17(24)14-10-20-18-21(16(14)23)7-8-27-18/h3-6,10-11H,7-9H2,1-2H3,(H,19,22)/t11-/m0/s1. The third kappa shape index (κ3) is 4.30. The van der Waals surface area contributed by atoms with Crippen LogP contribution in [-0.4, -0.2) is 40.4 Å². The van der Waals surface area contributed by atoms with E-state index in [2.05, 4.69) is 10.3 Å². The van der Waals surface area contributed by atoms with E-state index in [0.29, 0.717) is 11.7 Å². The van der Waals surface area contributed by atoms with Gasteiger partial charge in [-0.1, -0.05) is 23.9 Å². The maximum atomic E-state index is 12.3. The highest BCUT2D eigenvalue weighted by atomic mass is 32.2. The molecule has 9 heteroatoms. The number of thioether (sulfide) groups is 1. The second-order valence-electron chi connectivity index (χ2n) is 5.87. The summed E-state index contributed by atoms with van der Waals surface area (Å²) in [7, 11) is 1.58. The Morgan fingerprint density at radius 1 is 1.33 bits per heavy atom. The number of carbonyl (C=O) groups is 2. The summed E-state index contributed by atoms with van der Waals surface area (Å²) in [5.41, 5.74) is 0.262. The third-order valence-electron chi connectivity index (χ3n) is 4.06. The number of amides is 1. The van der Waals surface area contributed by atoms with Gasteiger partial charge < -0.3 is 14.8 Å². The molecular weight excluding hydrogens is 370 g/mol. The molecule has 1 aliphatic heterocycles. The van der Waals surface area contributed by atoms with Crippen LogP contribution in [0.4, 0.5) is 0 Å². The van der Waals surface area contributed by atoms with Crippen LogP contribution in [0, 0.1) is 0 Å². The van der Waals surface area contributed by atoms with Gasteiger partial charge in [0, 0.05) is 18.8 Å². The topological polar surface area (TPSA) is 99.5 Å². The Labute approximate surface area is 159 Å². The Balaban J connectivity index is 1.57. The Hall–Kier alpha value is -2.81. The molecule has 0 fully saturated rings. The Morgan fingerprint density at radius 2 is 2.07 bits per heavy atom. The summed E-state index contributed by atoms with van der Waals surface area (Å²) in [4.78, 5) is 40.8. The number of fused-ring (bicyclic) bond motifs is 1. The molecule has 1 aliphatic rings. The van der Waals surface area contributed by atoms with Crippen molar-refractivity contribution in [3.63, 3.8) is 0 Å². The van der Waals surface area contributed by atoms with Crippen LogP contribution in [-0.2, 0) is 22.6 Å². The molecular formula is C18H19N3O5S. The van der Waals surface area contributed by atoms with Crippen molar-refractivity contribution >= 4 is 23.6 Å². The normalized spacial score (nSPS) is 13.6. The van der Waals surface area contributed by atoms with E-state index < -0.39 is 23.5 Å². The summed E-state index contributed by atoms with van der Waals surface area (Å²) >= 11 is 1.46. The number of methoxy groups -OCH3 is 1. The van der Waals surface area contributed by atoms with Crippen LogP contribution in [0.25, 0.3) is 0 Å². The lowest BCUT2D eigenvalue weighted by molar-refractivity contribution is -0.129. The van der Waals surface area contributed by atoms with E-state index in [9.17, 15) is 14.4 Å². The summed E-state index contributed by atoms with van der Waals surface area (Å²) in [5.74, 6) is 0.154. The Morgan fingerprint density at radius 3 is 2.78 bits per heavy atom. The number of aromatic nitrogens is 2. The van der Waals surface area contributed by atoms with E-state index in [-0.39, 0.29) is 12.1 Å². The van der Waals surface area contributed by atoms with Gasteiger partial charge in [0.05, 0.1) is 13.3 Å². The Bertz CT molecular complexity index is 910. The molecule has 1 atom stereocenters. The molecule has 3 rings (SSSR count). The minimum absolute atomic E-state index is 0.170. The van der Waals surface area contributed by atoms with Crippen LogP contribution >= 0.6 is 11.8 Å². The fourth-order valence-electron chi connectivity index (χ4n) is 2.51. The second kappa shape index (κ2) is 8.26. The highest BCUT2D eigenvalue weighted by Crippen LogP contribution is 2.20. The number of ether oxygens (including phenoxy) is 2. The maximum absolute atomic E-state index is 12.3. The molecule has 142 valence electrons. The first-order valence-corrected chi connectivity index (χ1v) is 9.32. The van der Waals surface area contributed by atoms with Crippen molar-refractivity contribution in [2.24, 2.45) is 0 Å². The van der Waals surface area contributed by atoms with E-state index in [4.69, 9.17) is 9.47 Å². The van der Waals surface area contributed by atoms with Gasteiger partial charge in [-0.15, -0.1) is 0 Å². The van der Waals surface area contributed by atoms with Crippen LogP contribution in [0.5, 0.6) is 5.75 Å². The largest absolute Gasteiger partial charge is 0.497 e. The zero-order valence-electron chi connectivity index (χ0n) is 14.9. The lowest BCUT2D eigenvalue weighted by atomic mass is 10.2. The van der Waals surface area contributed by atoms with E-state index in [1.54, 1.807) is 19.2 Å². The highest BCUT2D eigenvalue weighted by Gasteiger charge is 2.24. The van der Waals surface area contributed by atoms with E-state index in [1.807, 2.05) is 12.1 Å². The molecule has 0 saturated carbocycles. The minimum atomic E-state index is -1.04. The van der Waals surface area contributed by atoms with Crippen LogP contribution < -0.4 is 15.6 Å². The van der Waals surface area contributed by atoms with Crippen molar-refractivity contribution in [3.05, 3.63) is 51.9 Å². The number of nitrogens with zero attached hydrogens (tertiary/aromatic N) is 2. The van der Waals surface area contributed by atoms with Crippen molar-refractivity contribution < 1.29 is 19.1 Å². The molecule has 0 saturated heterocycles. The first kappa shape index (κ1) is 19.0. The summed E-state index contributed by atoms with van der Waals surface area (Å²) in [6.45, 7) is 2.24. The third-order valence-corrected chi connectivity index (χ3v) is 5.03. The van der Waals surface area contributed by atoms with Crippen LogP contribution in [0.15, 0.2) is 40.4 Å². The van der Waals surface area contributed by atoms with Gasteiger partial charge in [0.25, 0.3) is 11.5 Å². The number of esters is 1. The van der Waals surface area contributed by atoms with Crippen molar-refractivity contribution in [1.29, 1.82) is 0 Å². The molecule has 1 aromatic carbocycles. The van der Waals surface area contributed by atoms with E-state index in [1.165, 1.54) is 29.4 Å². The van der Waals surface area contributed by atoms with Gasteiger partial charge in [-0.05, 0) is 24.6 Å². The molecule has 2 aromatic rings. The molecule has 2 heterocycles. The van der Waals surface area contributed by atoms with Gasteiger partial charge >= 0.3 is 5.97 Å². The SMILES string of the molecule is COc1ccc(CNC(=O)[C@H](C)OC(=O)c2cnc3n(c2=O)CCS3)cc1. The summed E-state index contributed by atoms with van der Waals surface area (Å²) in [6.07, 6.45) is 0.166. The molecule has 0 radical (unpaired) electrons. The molecule has 1 N–H and O–H groups in total. The van der Waals surface area contributed by atoms with Crippen LogP contribution in [0.2, 0.25) is 0 Å². The number of nitrogens with one attached hydrogen (secondary N) is 1. The number of benzene rings is 1. The zero-order valence-corrected chi connectivity index (χ0v) is 15.7. The highest BCUT2D eigenvalue weighted by molar-refractivity contribution is 7.99. The molecule has 27 heavy (non-hydrogen) atoms. The number of hydrogen-bond acceptors (Lipinski definition) is 7. The molecule has 0 bridgehead atoms. The van der Waals surface area contributed by atoms with Gasteiger partial charge in [0.2, 0.25) is 0 Å². The van der Waals surface area contributed by atoms with Gasteiger partial charge in [-0.2, -0.15) is 0 Å². The van der Waals surface area contributed by atoms with Gasteiger partial charge in [0.15, 0.2) is 11.3 Å². The van der Waals surface area contributed by atoms with Crippen molar-refractivity contribution in [3.8, 4) is 5.75 Å². The van der Waals surface area contributed by atoms with Gasteiger partial charge in [0.1, 0.15) is 11.3 Å². The molecule has 0 spiro atoms. The lowest BCUT2D eigenvalue weighted by Crippen LogP contribution is -2.37. The summed E-state index contributed by atoms with van der Waals surface area (Å²) < 4.78 is 11.7. The summed E-state index contributed by atoms with van der Waals surface area (Å²) in [6, 6.07) is 7.23. The average Bonchev–Trinajstić information content (AvgIpc) is 3.16. The van der Waals surface area contributed by atoms with Crippen LogP contribution in [0.1, 0.15) is 22.8 Å². The zero-order chi connectivity index (χ0) is 19.4. The molecule has 8 nitrogen and oxygen atoms in total. The predicted octanol–water partition coefficient (Wildman–Crippen LogP) is 1.22. The van der Waals surface area contributed by atoms with Gasteiger partial charge in [-0.25, -0.2) is 9.78 Å². The maximum Gasteiger partial charge on any atom is 0.346 e. The number of hydrogen-bond donors (Lipinski definition) is 1. The fraction of sp³-hybridized carbons (Fsp3) is 0.333. The first-order valence-electron chi connectivity index (χ1n) is 8.34. The monoisotopic (exact) mass is 389 g/mol. The smallest absolute Gasteiger partial charge is 0.346 e. The van der Waals surface area contributed by atoms with E-state index >= 15 is 0 Å². The Kier molecular flexibility index (Phi) is 5.80. The molecule has 1 aromatic heterocycles.